The average Bonchev–Trinajstić information content (AvgIpc) is 2.61. The highest BCUT2D eigenvalue weighted by atomic mass is 16.2. The molecule has 1 saturated heterocycles. The molecular weight excluding hydrogens is 218 g/mol. The summed E-state index contributed by atoms with van der Waals surface area (Å²) < 4.78 is 0. The molecule has 1 fully saturated rings. The van der Waals surface area contributed by atoms with Gasteiger partial charge >= 0.3 is 0 Å². The lowest BCUT2D eigenvalue weighted by Crippen LogP contribution is -2.34. The molecule has 1 aromatic rings. The third-order valence-electron chi connectivity index (χ3n) is 2.80. The molecule has 0 aliphatic carbocycles. The second kappa shape index (κ2) is 4.49. The number of hydrogen-bond donors (Lipinski definition) is 0. The van der Waals surface area contributed by atoms with Crippen molar-refractivity contribution in [2.75, 3.05) is 6.54 Å². The lowest BCUT2D eigenvalue weighted by atomic mass is 10.1. The van der Waals surface area contributed by atoms with Crippen molar-refractivity contribution in [3.63, 3.8) is 0 Å². The smallest absolute Gasteiger partial charge is 0.230 e. The second-order valence-corrected chi connectivity index (χ2v) is 4.17. The highest BCUT2D eigenvalue weighted by Crippen LogP contribution is 2.13. The number of hydrogen-bond acceptors (Lipinski definition) is 3. The molecule has 0 atom stereocenters. The number of Topliss-reactive ketones (excluding diaryl/α,β-unsaturated/α-hetero) is 1. The van der Waals surface area contributed by atoms with E-state index in [1.165, 1.54) is 0 Å². The van der Waals surface area contributed by atoms with E-state index in [2.05, 4.69) is 0 Å². The van der Waals surface area contributed by atoms with E-state index in [1.807, 2.05) is 13.0 Å². The maximum atomic E-state index is 11.9. The van der Waals surface area contributed by atoms with Gasteiger partial charge in [-0.3, -0.25) is 19.3 Å². The van der Waals surface area contributed by atoms with Crippen LogP contribution in [0.2, 0.25) is 0 Å². The molecule has 1 aromatic carbocycles. The van der Waals surface area contributed by atoms with Crippen molar-refractivity contribution in [2.24, 2.45) is 0 Å². The summed E-state index contributed by atoms with van der Waals surface area (Å²) in [5, 5.41) is 0. The highest BCUT2D eigenvalue weighted by Gasteiger charge is 2.30. The molecule has 4 heteroatoms. The first-order chi connectivity index (χ1) is 8.08. The Morgan fingerprint density at radius 1 is 1.24 bits per heavy atom. The summed E-state index contributed by atoms with van der Waals surface area (Å²) >= 11 is 0. The SMILES string of the molecule is Cc1cccc(C(=O)CN2C(=O)CCC2=O)c1. The second-order valence-electron chi connectivity index (χ2n) is 4.17. The Hall–Kier alpha value is -1.97. The lowest BCUT2D eigenvalue weighted by Gasteiger charge is -2.12. The van der Waals surface area contributed by atoms with Gasteiger partial charge in [0.25, 0.3) is 0 Å². The first-order valence-corrected chi connectivity index (χ1v) is 5.51. The number of benzene rings is 1. The van der Waals surface area contributed by atoms with Gasteiger partial charge in [0, 0.05) is 18.4 Å². The normalized spacial score (nSPS) is 15.5. The molecule has 1 aliphatic rings. The van der Waals surface area contributed by atoms with E-state index in [-0.39, 0.29) is 37.0 Å². The average molecular weight is 231 g/mol. The fraction of sp³-hybridized carbons (Fsp3) is 0.308. The van der Waals surface area contributed by atoms with E-state index in [9.17, 15) is 14.4 Å². The van der Waals surface area contributed by atoms with E-state index < -0.39 is 0 Å². The van der Waals surface area contributed by atoms with Gasteiger partial charge in [0.05, 0.1) is 6.54 Å². The van der Waals surface area contributed by atoms with E-state index in [1.54, 1.807) is 18.2 Å². The summed E-state index contributed by atoms with van der Waals surface area (Å²) in [5.74, 6) is -0.704. The number of likely N-dealkylation sites (tertiary alicyclic amines) is 1. The van der Waals surface area contributed by atoms with Crippen molar-refractivity contribution in [1.82, 2.24) is 4.90 Å². The third-order valence-corrected chi connectivity index (χ3v) is 2.80. The van der Waals surface area contributed by atoms with Crippen LogP contribution in [0.5, 0.6) is 0 Å². The number of aryl methyl sites for hydroxylation is 1. The Bertz CT molecular complexity index is 477. The van der Waals surface area contributed by atoms with E-state index in [4.69, 9.17) is 0 Å². The summed E-state index contributed by atoms with van der Waals surface area (Å²) in [5.41, 5.74) is 1.52. The van der Waals surface area contributed by atoms with Crippen LogP contribution >= 0.6 is 0 Å². The van der Waals surface area contributed by atoms with E-state index >= 15 is 0 Å². The van der Waals surface area contributed by atoms with Crippen LogP contribution in [0.3, 0.4) is 0 Å². The molecule has 88 valence electrons. The van der Waals surface area contributed by atoms with Gasteiger partial charge in [-0.15, -0.1) is 0 Å². The number of carbonyl (C=O) groups is 3. The maximum absolute atomic E-state index is 11.9. The zero-order valence-electron chi connectivity index (χ0n) is 9.60. The number of nitrogens with zero attached hydrogens (tertiary/aromatic N) is 1. The summed E-state index contributed by atoms with van der Waals surface area (Å²) in [6.45, 7) is 1.75. The fourth-order valence-corrected chi connectivity index (χ4v) is 1.85. The molecule has 0 unspecified atom stereocenters. The van der Waals surface area contributed by atoms with E-state index in [0.717, 1.165) is 10.5 Å². The van der Waals surface area contributed by atoms with Crippen molar-refractivity contribution >= 4 is 17.6 Å². The van der Waals surface area contributed by atoms with Crippen molar-refractivity contribution in [1.29, 1.82) is 0 Å². The van der Waals surface area contributed by atoms with Crippen LogP contribution < -0.4 is 0 Å². The Balaban J connectivity index is 2.12. The molecule has 17 heavy (non-hydrogen) atoms. The molecule has 2 rings (SSSR count). The third kappa shape index (κ3) is 2.41. The molecule has 0 spiro atoms. The van der Waals surface area contributed by atoms with Crippen molar-refractivity contribution in [3.05, 3.63) is 35.4 Å². The Labute approximate surface area is 99.2 Å². The number of carbonyl (C=O) groups excluding carboxylic acids is 3. The van der Waals surface area contributed by atoms with Gasteiger partial charge < -0.3 is 0 Å². The van der Waals surface area contributed by atoms with Crippen molar-refractivity contribution < 1.29 is 14.4 Å². The van der Waals surface area contributed by atoms with Gasteiger partial charge in [0.15, 0.2) is 5.78 Å². The quantitative estimate of drug-likeness (QED) is 0.582. The molecule has 0 saturated carbocycles. The van der Waals surface area contributed by atoms with Gasteiger partial charge in [-0.05, 0) is 13.0 Å². The Kier molecular flexibility index (Phi) is 3.04. The molecular formula is C13H13NO3. The minimum absolute atomic E-state index is 0.138. The standard InChI is InChI=1S/C13H13NO3/c1-9-3-2-4-10(7-9)11(15)8-14-12(16)5-6-13(14)17/h2-4,7H,5-6,8H2,1H3. The fourth-order valence-electron chi connectivity index (χ4n) is 1.85. The molecule has 1 heterocycles. The molecule has 0 aromatic heterocycles. The number of amides is 2. The number of rotatable bonds is 3. The predicted molar refractivity (Wildman–Crippen MR) is 61.5 cm³/mol. The summed E-state index contributed by atoms with van der Waals surface area (Å²) in [4.78, 5) is 35.7. The molecule has 1 aliphatic heterocycles. The van der Waals surface area contributed by atoms with Crippen LogP contribution in [0, 0.1) is 6.92 Å². The highest BCUT2D eigenvalue weighted by molar-refractivity contribution is 6.07. The summed E-state index contributed by atoms with van der Waals surface area (Å²) in [7, 11) is 0. The first kappa shape index (κ1) is 11.5. The van der Waals surface area contributed by atoms with Crippen molar-refractivity contribution in [3.8, 4) is 0 Å². The monoisotopic (exact) mass is 231 g/mol. The van der Waals surface area contributed by atoms with Crippen LogP contribution in [-0.2, 0) is 9.59 Å². The lowest BCUT2D eigenvalue weighted by molar-refractivity contribution is -0.137. The molecule has 0 bridgehead atoms. The predicted octanol–water partition coefficient (Wildman–Crippen LogP) is 1.33. The van der Waals surface area contributed by atoms with Crippen molar-refractivity contribution in [2.45, 2.75) is 19.8 Å². The molecule has 2 amide bonds. The summed E-state index contributed by atoms with van der Waals surface area (Å²) in [6, 6.07) is 7.13. The number of imide groups is 1. The van der Waals surface area contributed by atoms with E-state index in [0.29, 0.717) is 5.56 Å². The molecule has 0 radical (unpaired) electrons. The van der Waals surface area contributed by atoms with Gasteiger partial charge in [-0.2, -0.15) is 0 Å². The van der Waals surface area contributed by atoms with Gasteiger partial charge in [-0.1, -0.05) is 23.8 Å². The maximum Gasteiger partial charge on any atom is 0.230 e. The Morgan fingerprint density at radius 2 is 1.88 bits per heavy atom. The van der Waals surface area contributed by atoms with Crippen LogP contribution in [-0.4, -0.2) is 29.0 Å². The van der Waals surface area contributed by atoms with Gasteiger partial charge in [-0.25, -0.2) is 0 Å². The summed E-state index contributed by atoms with van der Waals surface area (Å²) in [6.07, 6.45) is 0.444. The van der Waals surface area contributed by atoms with Gasteiger partial charge in [0.1, 0.15) is 0 Å². The van der Waals surface area contributed by atoms with Crippen LogP contribution in [0.25, 0.3) is 0 Å². The van der Waals surface area contributed by atoms with Crippen LogP contribution in [0.15, 0.2) is 24.3 Å². The molecule has 4 nitrogen and oxygen atoms in total. The minimum Gasteiger partial charge on any atom is -0.292 e. The van der Waals surface area contributed by atoms with Crippen LogP contribution in [0.1, 0.15) is 28.8 Å². The zero-order chi connectivity index (χ0) is 12.4. The minimum atomic E-state index is -0.254. The first-order valence-electron chi connectivity index (χ1n) is 5.51. The molecule has 0 N–H and O–H groups in total. The zero-order valence-corrected chi connectivity index (χ0v) is 9.60. The largest absolute Gasteiger partial charge is 0.292 e. The van der Waals surface area contributed by atoms with Crippen LogP contribution in [0.4, 0.5) is 0 Å². The topological polar surface area (TPSA) is 54.5 Å². The Morgan fingerprint density at radius 3 is 2.47 bits per heavy atom. The van der Waals surface area contributed by atoms with Gasteiger partial charge in [0.2, 0.25) is 11.8 Å². The number of ketones is 1.